The normalized spacial score (nSPS) is 27.3. The number of fused-ring (bicyclic) bond motifs is 2. The summed E-state index contributed by atoms with van der Waals surface area (Å²) < 4.78 is 13.5. The van der Waals surface area contributed by atoms with Crippen molar-refractivity contribution < 1.29 is 24.8 Å². The minimum absolute atomic E-state index is 0.282. The quantitative estimate of drug-likeness (QED) is 0.514. The second-order valence-electron chi connectivity index (χ2n) is 7.83. The fraction of sp³-hybridized carbons (Fsp3) is 0.318. The van der Waals surface area contributed by atoms with Crippen LogP contribution in [0.4, 0.5) is 0 Å². The molecule has 3 aromatic rings. The SMILES string of the molecule is OC[C@H]1O[C@@H]2OC(c3cn(Cc4ccc(Cl)c(Cl)c4)c4cc(Cl)ccc34)=N[C@@H]2C(O)[C@@H]1O. The van der Waals surface area contributed by atoms with Crippen molar-refractivity contribution in [1.82, 2.24) is 4.57 Å². The van der Waals surface area contributed by atoms with Gasteiger partial charge in [0.1, 0.15) is 24.4 Å². The number of hydrogen-bond donors (Lipinski definition) is 3. The number of nitrogens with zero attached hydrogens (tertiary/aromatic N) is 2. The molecule has 5 atom stereocenters. The number of hydrogen-bond acceptors (Lipinski definition) is 6. The summed E-state index contributed by atoms with van der Waals surface area (Å²) in [6.45, 7) is 0.0554. The van der Waals surface area contributed by atoms with Crippen LogP contribution in [-0.2, 0) is 16.0 Å². The molecule has 1 saturated heterocycles. The van der Waals surface area contributed by atoms with E-state index in [0.29, 0.717) is 27.2 Å². The molecule has 32 heavy (non-hydrogen) atoms. The molecule has 1 aromatic heterocycles. The van der Waals surface area contributed by atoms with Crippen LogP contribution in [0.5, 0.6) is 0 Å². The van der Waals surface area contributed by atoms with Gasteiger partial charge in [0.25, 0.3) is 0 Å². The van der Waals surface area contributed by atoms with Crippen LogP contribution in [0.25, 0.3) is 10.9 Å². The van der Waals surface area contributed by atoms with Crippen LogP contribution >= 0.6 is 34.8 Å². The fourth-order valence-electron chi connectivity index (χ4n) is 4.11. The van der Waals surface area contributed by atoms with Crippen LogP contribution in [0.2, 0.25) is 15.1 Å². The van der Waals surface area contributed by atoms with Gasteiger partial charge in [-0.15, -0.1) is 0 Å². The minimum Gasteiger partial charge on any atom is -0.445 e. The van der Waals surface area contributed by atoms with Crippen LogP contribution < -0.4 is 0 Å². The lowest BCUT2D eigenvalue weighted by Crippen LogP contribution is -2.56. The molecule has 3 heterocycles. The maximum Gasteiger partial charge on any atom is 0.227 e. The van der Waals surface area contributed by atoms with E-state index in [9.17, 15) is 15.3 Å². The highest BCUT2D eigenvalue weighted by Crippen LogP contribution is 2.34. The first-order valence-corrected chi connectivity index (χ1v) is 11.1. The van der Waals surface area contributed by atoms with E-state index >= 15 is 0 Å². The Balaban J connectivity index is 1.53. The van der Waals surface area contributed by atoms with E-state index in [4.69, 9.17) is 44.3 Å². The summed E-state index contributed by atoms with van der Waals surface area (Å²) in [4.78, 5) is 4.49. The third-order valence-electron chi connectivity index (χ3n) is 5.75. The van der Waals surface area contributed by atoms with Gasteiger partial charge in [0.15, 0.2) is 0 Å². The number of ether oxygens (including phenoxy) is 2. The van der Waals surface area contributed by atoms with E-state index < -0.39 is 37.3 Å². The Labute approximate surface area is 198 Å². The van der Waals surface area contributed by atoms with Gasteiger partial charge < -0.3 is 29.4 Å². The van der Waals surface area contributed by atoms with Crippen molar-refractivity contribution in [2.75, 3.05) is 6.61 Å². The van der Waals surface area contributed by atoms with Crippen molar-refractivity contribution in [3.8, 4) is 0 Å². The molecule has 2 aliphatic rings. The predicted molar refractivity (Wildman–Crippen MR) is 122 cm³/mol. The summed E-state index contributed by atoms with van der Waals surface area (Å²) in [5.41, 5.74) is 2.49. The number of aliphatic hydroxyl groups excluding tert-OH is 3. The van der Waals surface area contributed by atoms with Gasteiger partial charge in [0, 0.05) is 23.2 Å². The molecular weight excluding hydrogens is 479 g/mol. The topological polar surface area (TPSA) is 96.4 Å². The van der Waals surface area contributed by atoms with Gasteiger partial charge in [-0.05, 0) is 29.8 Å². The average molecular weight is 498 g/mol. The van der Waals surface area contributed by atoms with Crippen molar-refractivity contribution in [1.29, 1.82) is 0 Å². The molecule has 7 nitrogen and oxygen atoms in total. The number of rotatable bonds is 4. The summed E-state index contributed by atoms with van der Waals surface area (Å²) in [6.07, 6.45) is -2.45. The molecule has 1 unspecified atom stereocenters. The van der Waals surface area contributed by atoms with Gasteiger partial charge in [0.2, 0.25) is 12.2 Å². The zero-order valence-corrected chi connectivity index (χ0v) is 18.8. The molecule has 0 radical (unpaired) electrons. The lowest BCUT2D eigenvalue weighted by molar-refractivity contribution is -0.234. The molecule has 2 aromatic carbocycles. The standard InChI is InChI=1S/C22H19Cl3N2O5/c23-11-2-3-12-13(21-26-18-20(30)19(29)17(9-28)31-22(18)32-21)8-27(16(12)6-11)7-10-1-4-14(24)15(25)5-10/h1-6,8,17-20,22,28-30H,7,9H2/t17-,18-,19-,20?,22-/m1/s1. The number of aromatic nitrogens is 1. The summed E-state index contributed by atoms with van der Waals surface area (Å²) in [6, 6.07) is 10.1. The first kappa shape index (κ1) is 22.0. The molecule has 10 heteroatoms. The Morgan fingerprint density at radius 2 is 1.81 bits per heavy atom. The Hall–Kier alpha value is -1.84. The smallest absolute Gasteiger partial charge is 0.227 e. The Bertz CT molecular complexity index is 1210. The molecule has 0 spiro atoms. The van der Waals surface area contributed by atoms with Gasteiger partial charge in [0.05, 0.1) is 27.7 Å². The Kier molecular flexibility index (Phi) is 5.84. The Morgan fingerprint density at radius 1 is 1.00 bits per heavy atom. The van der Waals surface area contributed by atoms with Gasteiger partial charge in [-0.3, -0.25) is 0 Å². The molecule has 5 rings (SSSR count). The van der Waals surface area contributed by atoms with E-state index in [1.807, 2.05) is 29.0 Å². The molecule has 168 valence electrons. The summed E-state index contributed by atoms with van der Waals surface area (Å²) in [7, 11) is 0. The first-order valence-electron chi connectivity index (χ1n) is 9.95. The molecule has 0 saturated carbocycles. The van der Waals surface area contributed by atoms with Crippen LogP contribution in [0.15, 0.2) is 47.6 Å². The first-order chi connectivity index (χ1) is 15.4. The lowest BCUT2D eigenvalue weighted by atomic mass is 9.98. The number of benzene rings is 2. The van der Waals surface area contributed by atoms with Crippen LogP contribution in [0.1, 0.15) is 11.1 Å². The second kappa shape index (κ2) is 8.50. The maximum absolute atomic E-state index is 10.4. The van der Waals surface area contributed by atoms with Crippen molar-refractivity contribution in [3.63, 3.8) is 0 Å². The van der Waals surface area contributed by atoms with Gasteiger partial charge in [-0.25, -0.2) is 4.99 Å². The van der Waals surface area contributed by atoms with Crippen molar-refractivity contribution in [3.05, 3.63) is 68.8 Å². The van der Waals surface area contributed by atoms with Crippen LogP contribution in [-0.4, -0.2) is 63.0 Å². The van der Waals surface area contributed by atoms with Gasteiger partial charge in [-0.2, -0.15) is 0 Å². The van der Waals surface area contributed by atoms with Crippen LogP contribution in [0, 0.1) is 0 Å². The van der Waals surface area contributed by atoms with E-state index in [2.05, 4.69) is 4.99 Å². The number of aliphatic imine (C=N–C) groups is 1. The largest absolute Gasteiger partial charge is 0.445 e. The summed E-state index contributed by atoms with van der Waals surface area (Å²) >= 11 is 18.5. The molecule has 1 fully saturated rings. The Morgan fingerprint density at radius 3 is 2.56 bits per heavy atom. The summed E-state index contributed by atoms with van der Waals surface area (Å²) in [5.74, 6) is 0.282. The monoisotopic (exact) mass is 496 g/mol. The average Bonchev–Trinajstić information content (AvgIpc) is 3.35. The zero-order chi connectivity index (χ0) is 22.6. The van der Waals surface area contributed by atoms with E-state index in [0.717, 1.165) is 16.5 Å². The fourth-order valence-corrected chi connectivity index (χ4v) is 4.60. The molecule has 2 aliphatic heterocycles. The second-order valence-corrected chi connectivity index (χ2v) is 9.08. The predicted octanol–water partition coefficient (Wildman–Crippen LogP) is 3.23. The van der Waals surface area contributed by atoms with Crippen molar-refractivity contribution in [2.45, 2.75) is 37.2 Å². The molecular formula is C22H19Cl3N2O5. The van der Waals surface area contributed by atoms with E-state index in [-0.39, 0.29) is 5.90 Å². The molecule has 3 N–H and O–H groups in total. The minimum atomic E-state index is -1.26. The van der Waals surface area contributed by atoms with Crippen LogP contribution in [0.3, 0.4) is 0 Å². The molecule has 0 bridgehead atoms. The molecule has 0 amide bonds. The number of aliphatic hydroxyl groups is 3. The van der Waals surface area contributed by atoms with E-state index in [1.54, 1.807) is 18.2 Å². The molecule has 0 aliphatic carbocycles. The highest BCUT2D eigenvalue weighted by Gasteiger charge is 2.49. The highest BCUT2D eigenvalue weighted by molar-refractivity contribution is 6.42. The van der Waals surface area contributed by atoms with Crippen molar-refractivity contribution in [2.24, 2.45) is 4.99 Å². The third-order valence-corrected chi connectivity index (χ3v) is 6.73. The summed E-state index contributed by atoms with van der Waals surface area (Å²) in [5, 5.41) is 32.4. The highest BCUT2D eigenvalue weighted by atomic mass is 35.5. The van der Waals surface area contributed by atoms with Gasteiger partial charge >= 0.3 is 0 Å². The number of halogens is 3. The van der Waals surface area contributed by atoms with Gasteiger partial charge in [-0.1, -0.05) is 46.9 Å². The van der Waals surface area contributed by atoms with E-state index in [1.165, 1.54) is 0 Å². The van der Waals surface area contributed by atoms with Crippen molar-refractivity contribution >= 4 is 51.6 Å². The lowest BCUT2D eigenvalue weighted by Gasteiger charge is -2.36. The maximum atomic E-state index is 10.4. The third kappa shape index (κ3) is 3.78. The zero-order valence-electron chi connectivity index (χ0n) is 16.5.